The molecule has 4 nitrogen and oxygen atoms in total. The number of carbonyl (C=O) groups excluding carboxylic acids is 1. The third-order valence-electron chi connectivity index (χ3n) is 3.66. The van der Waals surface area contributed by atoms with E-state index in [1.165, 1.54) is 18.2 Å². The van der Waals surface area contributed by atoms with Gasteiger partial charge in [-0.2, -0.15) is 0 Å². The molecule has 110 valence electrons. The normalized spacial score (nSPS) is 14.7. The zero-order valence-electron chi connectivity index (χ0n) is 12.4. The highest BCUT2D eigenvalue weighted by Crippen LogP contribution is 2.24. The van der Waals surface area contributed by atoms with Gasteiger partial charge >= 0.3 is 5.97 Å². The lowest BCUT2D eigenvalue weighted by Gasteiger charge is -2.28. The zero-order chi connectivity index (χ0) is 14.4. The van der Waals surface area contributed by atoms with Gasteiger partial charge in [0.25, 0.3) is 0 Å². The standard InChI is InChI=1S/C16H23NO3/c1-3-20-15-7-6-13-8-10-17(12-14(13)11-15)9-4-5-16(18)19-2/h6-7,11H,3-5,8-10,12H2,1-2H3. The van der Waals surface area contributed by atoms with E-state index in [1.54, 1.807) is 0 Å². The van der Waals surface area contributed by atoms with Gasteiger partial charge in [-0.1, -0.05) is 6.07 Å². The molecule has 0 fully saturated rings. The van der Waals surface area contributed by atoms with E-state index in [1.807, 2.05) is 6.92 Å². The minimum absolute atomic E-state index is 0.124. The summed E-state index contributed by atoms with van der Waals surface area (Å²) >= 11 is 0. The SMILES string of the molecule is CCOc1ccc2c(c1)CN(CCCC(=O)OC)CC2. The van der Waals surface area contributed by atoms with Crippen LogP contribution in [-0.4, -0.2) is 37.7 Å². The molecule has 0 radical (unpaired) electrons. The second-order valence-corrected chi connectivity index (χ2v) is 5.07. The van der Waals surface area contributed by atoms with Crippen LogP contribution in [0, 0.1) is 0 Å². The van der Waals surface area contributed by atoms with Crippen LogP contribution in [0.15, 0.2) is 18.2 Å². The van der Waals surface area contributed by atoms with Gasteiger partial charge in [0.15, 0.2) is 0 Å². The van der Waals surface area contributed by atoms with E-state index in [4.69, 9.17) is 4.74 Å². The molecule has 4 heteroatoms. The fourth-order valence-corrected chi connectivity index (χ4v) is 2.59. The Labute approximate surface area is 120 Å². The molecule has 1 aromatic rings. The Morgan fingerprint density at radius 1 is 1.35 bits per heavy atom. The second kappa shape index (κ2) is 7.29. The molecule has 0 aromatic heterocycles. The molecule has 0 aliphatic carbocycles. The van der Waals surface area contributed by atoms with E-state index in [9.17, 15) is 4.79 Å². The molecule has 0 amide bonds. The van der Waals surface area contributed by atoms with Crippen molar-refractivity contribution in [2.45, 2.75) is 32.7 Å². The summed E-state index contributed by atoms with van der Waals surface area (Å²) in [5.74, 6) is 0.823. The highest BCUT2D eigenvalue weighted by Gasteiger charge is 2.16. The number of carbonyl (C=O) groups is 1. The first kappa shape index (κ1) is 14.9. The van der Waals surface area contributed by atoms with Gasteiger partial charge in [-0.25, -0.2) is 0 Å². The quantitative estimate of drug-likeness (QED) is 0.748. The second-order valence-electron chi connectivity index (χ2n) is 5.07. The first-order valence-corrected chi connectivity index (χ1v) is 7.26. The lowest BCUT2D eigenvalue weighted by molar-refractivity contribution is -0.140. The summed E-state index contributed by atoms with van der Waals surface area (Å²) in [6.45, 7) is 5.63. The maximum atomic E-state index is 11.1. The van der Waals surface area contributed by atoms with Crippen molar-refractivity contribution in [1.82, 2.24) is 4.90 Å². The van der Waals surface area contributed by atoms with Gasteiger partial charge in [-0.15, -0.1) is 0 Å². The van der Waals surface area contributed by atoms with Crippen molar-refractivity contribution < 1.29 is 14.3 Å². The Bertz CT molecular complexity index is 459. The van der Waals surface area contributed by atoms with Crippen molar-refractivity contribution in [2.24, 2.45) is 0 Å². The molecule has 0 N–H and O–H groups in total. The Kier molecular flexibility index (Phi) is 5.41. The number of nitrogens with zero attached hydrogens (tertiary/aromatic N) is 1. The van der Waals surface area contributed by atoms with Crippen LogP contribution < -0.4 is 4.74 Å². The van der Waals surface area contributed by atoms with Crippen molar-refractivity contribution in [2.75, 3.05) is 26.8 Å². The largest absolute Gasteiger partial charge is 0.494 e. The minimum atomic E-state index is -0.124. The molecular weight excluding hydrogens is 254 g/mol. The molecule has 1 heterocycles. The molecule has 20 heavy (non-hydrogen) atoms. The topological polar surface area (TPSA) is 38.8 Å². The van der Waals surface area contributed by atoms with E-state index >= 15 is 0 Å². The van der Waals surface area contributed by atoms with Crippen LogP contribution in [0.3, 0.4) is 0 Å². The number of ether oxygens (including phenoxy) is 2. The summed E-state index contributed by atoms with van der Waals surface area (Å²) < 4.78 is 10.2. The highest BCUT2D eigenvalue weighted by molar-refractivity contribution is 5.69. The van der Waals surface area contributed by atoms with Gasteiger partial charge in [-0.3, -0.25) is 9.69 Å². The van der Waals surface area contributed by atoms with Gasteiger partial charge in [0.05, 0.1) is 13.7 Å². The van der Waals surface area contributed by atoms with Gasteiger partial charge in [0.2, 0.25) is 0 Å². The molecule has 1 aliphatic heterocycles. The van der Waals surface area contributed by atoms with Crippen LogP contribution in [0.2, 0.25) is 0 Å². The molecule has 0 saturated heterocycles. The summed E-state index contributed by atoms with van der Waals surface area (Å²) in [7, 11) is 1.44. The lowest BCUT2D eigenvalue weighted by Crippen LogP contribution is -2.31. The van der Waals surface area contributed by atoms with E-state index in [2.05, 4.69) is 27.8 Å². The van der Waals surface area contributed by atoms with Gasteiger partial charge in [0, 0.05) is 19.5 Å². The van der Waals surface area contributed by atoms with Crippen LogP contribution >= 0.6 is 0 Å². The smallest absolute Gasteiger partial charge is 0.305 e. The third-order valence-corrected chi connectivity index (χ3v) is 3.66. The first-order chi connectivity index (χ1) is 9.72. The van der Waals surface area contributed by atoms with E-state index in [0.717, 1.165) is 38.2 Å². The number of hydrogen-bond donors (Lipinski definition) is 0. The van der Waals surface area contributed by atoms with Crippen LogP contribution in [-0.2, 0) is 22.5 Å². The van der Waals surface area contributed by atoms with Crippen molar-refractivity contribution in [1.29, 1.82) is 0 Å². The molecule has 0 bridgehead atoms. The molecular formula is C16H23NO3. The Balaban J connectivity index is 1.88. The lowest BCUT2D eigenvalue weighted by atomic mass is 9.99. The highest BCUT2D eigenvalue weighted by atomic mass is 16.5. The van der Waals surface area contributed by atoms with Crippen molar-refractivity contribution in [3.05, 3.63) is 29.3 Å². The number of methoxy groups -OCH3 is 1. The number of rotatable bonds is 6. The number of fused-ring (bicyclic) bond motifs is 1. The molecule has 1 aliphatic rings. The maximum absolute atomic E-state index is 11.1. The predicted molar refractivity (Wildman–Crippen MR) is 77.8 cm³/mol. The zero-order valence-corrected chi connectivity index (χ0v) is 12.4. The summed E-state index contributed by atoms with van der Waals surface area (Å²) in [4.78, 5) is 13.5. The van der Waals surface area contributed by atoms with Crippen LogP contribution in [0.1, 0.15) is 30.9 Å². The molecule has 0 saturated carbocycles. The predicted octanol–water partition coefficient (Wildman–Crippen LogP) is 2.40. The Hall–Kier alpha value is -1.55. The summed E-state index contributed by atoms with van der Waals surface area (Å²) in [6, 6.07) is 6.37. The minimum Gasteiger partial charge on any atom is -0.494 e. The van der Waals surface area contributed by atoms with Crippen molar-refractivity contribution in [3.8, 4) is 5.75 Å². The first-order valence-electron chi connectivity index (χ1n) is 7.26. The number of benzene rings is 1. The monoisotopic (exact) mass is 277 g/mol. The molecule has 1 aromatic carbocycles. The summed E-state index contributed by atoms with van der Waals surface area (Å²) in [6.07, 6.45) is 2.42. The average Bonchev–Trinajstić information content (AvgIpc) is 2.47. The van der Waals surface area contributed by atoms with Gasteiger partial charge < -0.3 is 9.47 Å². The molecule has 0 spiro atoms. The van der Waals surface area contributed by atoms with E-state index < -0.39 is 0 Å². The molecule has 0 atom stereocenters. The van der Waals surface area contributed by atoms with Crippen molar-refractivity contribution in [3.63, 3.8) is 0 Å². The Morgan fingerprint density at radius 3 is 2.95 bits per heavy atom. The van der Waals surface area contributed by atoms with E-state index in [-0.39, 0.29) is 5.97 Å². The summed E-state index contributed by atoms with van der Waals surface area (Å²) in [5.41, 5.74) is 2.76. The fraction of sp³-hybridized carbons (Fsp3) is 0.562. The van der Waals surface area contributed by atoms with Crippen LogP contribution in [0.4, 0.5) is 0 Å². The summed E-state index contributed by atoms with van der Waals surface area (Å²) in [5, 5.41) is 0. The van der Waals surface area contributed by atoms with Gasteiger partial charge in [-0.05, 0) is 49.6 Å². The van der Waals surface area contributed by atoms with Crippen LogP contribution in [0.25, 0.3) is 0 Å². The average molecular weight is 277 g/mol. The van der Waals surface area contributed by atoms with Crippen LogP contribution in [0.5, 0.6) is 5.75 Å². The van der Waals surface area contributed by atoms with Gasteiger partial charge in [0.1, 0.15) is 5.75 Å². The Morgan fingerprint density at radius 2 is 2.20 bits per heavy atom. The molecule has 0 unspecified atom stereocenters. The number of esters is 1. The molecule has 2 rings (SSSR count). The number of hydrogen-bond acceptors (Lipinski definition) is 4. The fourth-order valence-electron chi connectivity index (χ4n) is 2.59. The third kappa shape index (κ3) is 3.97. The maximum Gasteiger partial charge on any atom is 0.305 e. The van der Waals surface area contributed by atoms with Crippen molar-refractivity contribution >= 4 is 5.97 Å². The van der Waals surface area contributed by atoms with E-state index in [0.29, 0.717) is 13.0 Å².